The zero-order valence-electron chi connectivity index (χ0n) is 16.1. The van der Waals surface area contributed by atoms with Crippen molar-refractivity contribution in [2.24, 2.45) is 0 Å². The van der Waals surface area contributed by atoms with Crippen molar-refractivity contribution in [2.75, 3.05) is 18.2 Å². The summed E-state index contributed by atoms with van der Waals surface area (Å²) >= 11 is 1.60. The summed E-state index contributed by atoms with van der Waals surface area (Å²) in [7, 11) is 0. The van der Waals surface area contributed by atoms with Crippen molar-refractivity contribution in [2.45, 2.75) is 11.4 Å². The fraction of sp³-hybridized carbons (Fsp3) is 0.130. The molecule has 3 aromatic carbocycles. The van der Waals surface area contributed by atoms with Gasteiger partial charge in [0.2, 0.25) is 0 Å². The van der Waals surface area contributed by atoms with Crippen molar-refractivity contribution < 1.29 is 14.3 Å². The second-order valence-corrected chi connectivity index (χ2v) is 7.11. The summed E-state index contributed by atoms with van der Waals surface area (Å²) in [6.07, 6.45) is 1.98. The van der Waals surface area contributed by atoms with E-state index in [1.807, 2.05) is 60.9 Å². The molecule has 148 valence electrons. The Hall–Kier alpha value is -3.25. The number of carbonyl (C=O) groups is 2. The number of amides is 2. The molecule has 0 aliphatic carbocycles. The highest BCUT2D eigenvalue weighted by atomic mass is 32.2. The molecule has 0 atom stereocenters. The fourth-order valence-electron chi connectivity index (χ4n) is 2.69. The van der Waals surface area contributed by atoms with Crippen molar-refractivity contribution in [3.05, 3.63) is 90.0 Å². The van der Waals surface area contributed by atoms with Crippen molar-refractivity contribution in [1.29, 1.82) is 0 Å². The number of anilines is 1. The van der Waals surface area contributed by atoms with Gasteiger partial charge in [0.25, 0.3) is 11.8 Å². The van der Waals surface area contributed by atoms with Crippen molar-refractivity contribution in [3.8, 4) is 5.75 Å². The van der Waals surface area contributed by atoms with Gasteiger partial charge in [-0.2, -0.15) is 0 Å². The number of hydrogen-bond donors (Lipinski definition) is 2. The van der Waals surface area contributed by atoms with Gasteiger partial charge in [-0.15, -0.1) is 11.8 Å². The Kier molecular flexibility index (Phi) is 7.30. The van der Waals surface area contributed by atoms with E-state index in [4.69, 9.17) is 4.74 Å². The summed E-state index contributed by atoms with van der Waals surface area (Å²) in [4.78, 5) is 25.8. The van der Waals surface area contributed by atoms with Gasteiger partial charge in [0, 0.05) is 17.1 Å². The van der Waals surface area contributed by atoms with Crippen LogP contribution in [0.25, 0.3) is 0 Å². The smallest absolute Gasteiger partial charge is 0.262 e. The lowest BCUT2D eigenvalue weighted by molar-refractivity contribution is -0.118. The molecular weight excluding hydrogens is 384 g/mol. The zero-order chi connectivity index (χ0) is 20.5. The van der Waals surface area contributed by atoms with E-state index in [0.29, 0.717) is 23.5 Å². The third-order valence-corrected chi connectivity index (χ3v) is 4.87. The predicted octanol–water partition coefficient (Wildman–Crippen LogP) is 4.36. The average molecular weight is 407 g/mol. The van der Waals surface area contributed by atoms with Crippen LogP contribution in [-0.2, 0) is 11.3 Å². The van der Waals surface area contributed by atoms with Gasteiger partial charge in [-0.3, -0.25) is 9.59 Å². The summed E-state index contributed by atoms with van der Waals surface area (Å²) in [5.41, 5.74) is 2.10. The zero-order valence-corrected chi connectivity index (χ0v) is 16.9. The van der Waals surface area contributed by atoms with Gasteiger partial charge in [0.1, 0.15) is 5.75 Å². The first-order valence-electron chi connectivity index (χ1n) is 9.13. The van der Waals surface area contributed by atoms with E-state index < -0.39 is 0 Å². The highest BCUT2D eigenvalue weighted by Gasteiger charge is 2.13. The van der Waals surface area contributed by atoms with Crippen molar-refractivity contribution in [3.63, 3.8) is 0 Å². The number of rotatable bonds is 8. The number of nitrogens with one attached hydrogen (secondary N) is 2. The molecular formula is C23H22N2O3S. The first kappa shape index (κ1) is 20.5. The van der Waals surface area contributed by atoms with Crippen LogP contribution >= 0.6 is 11.8 Å². The third kappa shape index (κ3) is 6.12. The van der Waals surface area contributed by atoms with E-state index in [0.717, 1.165) is 10.5 Å². The quantitative estimate of drug-likeness (QED) is 0.546. The van der Waals surface area contributed by atoms with E-state index in [2.05, 4.69) is 10.6 Å². The second kappa shape index (κ2) is 10.3. The molecule has 0 saturated heterocycles. The molecule has 2 N–H and O–H groups in total. The molecule has 6 heteroatoms. The minimum Gasteiger partial charge on any atom is -0.483 e. The van der Waals surface area contributed by atoms with Gasteiger partial charge in [-0.25, -0.2) is 0 Å². The molecule has 0 unspecified atom stereocenters. The van der Waals surface area contributed by atoms with Gasteiger partial charge < -0.3 is 15.4 Å². The molecule has 0 aromatic heterocycles. The molecule has 0 aliphatic rings. The normalized spacial score (nSPS) is 10.2. The SMILES string of the molecule is CSc1cccc(NC(=O)COc2ccccc2C(=O)NCc2ccccc2)c1. The molecule has 3 aromatic rings. The van der Waals surface area contributed by atoms with E-state index in [1.165, 1.54) is 0 Å². The highest BCUT2D eigenvalue weighted by Crippen LogP contribution is 2.20. The number of carbonyl (C=O) groups excluding carboxylic acids is 2. The molecule has 0 bridgehead atoms. The maximum absolute atomic E-state index is 12.6. The lowest BCUT2D eigenvalue weighted by atomic mass is 10.1. The largest absolute Gasteiger partial charge is 0.483 e. The maximum atomic E-state index is 12.6. The minimum absolute atomic E-state index is 0.188. The third-order valence-electron chi connectivity index (χ3n) is 4.14. The van der Waals surface area contributed by atoms with Crippen LogP contribution in [-0.4, -0.2) is 24.7 Å². The Labute approximate surface area is 174 Å². The van der Waals surface area contributed by atoms with E-state index >= 15 is 0 Å². The monoisotopic (exact) mass is 406 g/mol. The molecule has 5 nitrogen and oxygen atoms in total. The first-order chi connectivity index (χ1) is 14.2. The summed E-state index contributed by atoms with van der Waals surface area (Å²) in [5, 5.41) is 5.68. The molecule has 0 spiro atoms. The summed E-state index contributed by atoms with van der Waals surface area (Å²) in [6, 6.07) is 24.1. The molecule has 0 fully saturated rings. The fourth-order valence-corrected chi connectivity index (χ4v) is 3.15. The van der Waals surface area contributed by atoms with Crippen LogP contribution in [0.15, 0.2) is 83.8 Å². The Morgan fingerprint density at radius 2 is 1.69 bits per heavy atom. The van der Waals surface area contributed by atoms with E-state index in [1.54, 1.807) is 36.0 Å². The van der Waals surface area contributed by atoms with Gasteiger partial charge >= 0.3 is 0 Å². The highest BCUT2D eigenvalue weighted by molar-refractivity contribution is 7.98. The summed E-state index contributed by atoms with van der Waals surface area (Å²) in [5.74, 6) is -0.175. The lowest BCUT2D eigenvalue weighted by Gasteiger charge is -2.12. The van der Waals surface area contributed by atoms with Crippen LogP contribution in [0.2, 0.25) is 0 Å². The van der Waals surface area contributed by atoms with E-state index in [-0.39, 0.29) is 18.4 Å². The van der Waals surface area contributed by atoms with Gasteiger partial charge in [-0.05, 0) is 42.2 Å². The van der Waals surface area contributed by atoms with Crippen LogP contribution in [0.5, 0.6) is 5.75 Å². The number of ether oxygens (including phenoxy) is 1. The van der Waals surface area contributed by atoms with Crippen LogP contribution in [0.4, 0.5) is 5.69 Å². The van der Waals surface area contributed by atoms with Crippen LogP contribution in [0, 0.1) is 0 Å². The van der Waals surface area contributed by atoms with Crippen LogP contribution < -0.4 is 15.4 Å². The van der Waals surface area contributed by atoms with Gasteiger partial charge in [-0.1, -0.05) is 48.5 Å². The van der Waals surface area contributed by atoms with Crippen molar-refractivity contribution >= 4 is 29.3 Å². The van der Waals surface area contributed by atoms with Gasteiger partial charge in [0.05, 0.1) is 5.56 Å². The minimum atomic E-state index is -0.289. The van der Waals surface area contributed by atoms with Crippen molar-refractivity contribution in [1.82, 2.24) is 5.32 Å². The lowest BCUT2D eigenvalue weighted by Crippen LogP contribution is -2.25. The van der Waals surface area contributed by atoms with Gasteiger partial charge in [0.15, 0.2) is 6.61 Å². The molecule has 0 radical (unpaired) electrons. The number of thioether (sulfide) groups is 1. The molecule has 0 aliphatic heterocycles. The summed E-state index contributed by atoms with van der Waals surface area (Å²) in [6.45, 7) is 0.229. The summed E-state index contributed by atoms with van der Waals surface area (Å²) < 4.78 is 5.62. The molecule has 0 heterocycles. The van der Waals surface area contributed by atoms with Crippen LogP contribution in [0.3, 0.4) is 0 Å². The van der Waals surface area contributed by atoms with Crippen LogP contribution in [0.1, 0.15) is 15.9 Å². The maximum Gasteiger partial charge on any atom is 0.262 e. The topological polar surface area (TPSA) is 67.4 Å². The predicted molar refractivity (Wildman–Crippen MR) is 116 cm³/mol. The Bertz CT molecular complexity index is 977. The number of hydrogen-bond acceptors (Lipinski definition) is 4. The Morgan fingerprint density at radius 3 is 2.48 bits per heavy atom. The standard InChI is InChI=1S/C23H22N2O3S/c1-29-19-11-7-10-18(14-19)25-22(26)16-28-21-13-6-5-12-20(21)23(27)24-15-17-8-3-2-4-9-17/h2-14H,15-16H2,1H3,(H,24,27)(H,25,26). The molecule has 3 rings (SSSR count). The average Bonchev–Trinajstić information content (AvgIpc) is 2.77. The Morgan fingerprint density at radius 1 is 0.931 bits per heavy atom. The first-order valence-corrected chi connectivity index (χ1v) is 10.4. The molecule has 2 amide bonds. The Balaban J connectivity index is 1.58. The number of para-hydroxylation sites is 1. The second-order valence-electron chi connectivity index (χ2n) is 6.23. The molecule has 29 heavy (non-hydrogen) atoms. The molecule has 0 saturated carbocycles. The number of benzene rings is 3. The van der Waals surface area contributed by atoms with E-state index in [9.17, 15) is 9.59 Å².